The molecule has 3 N–H and O–H groups in total. The number of rotatable bonds is 6. The van der Waals surface area contributed by atoms with Gasteiger partial charge in [-0.25, -0.2) is 0 Å². The third-order valence-corrected chi connectivity index (χ3v) is 3.09. The summed E-state index contributed by atoms with van der Waals surface area (Å²) in [4.78, 5) is 23.3. The Hall–Kier alpha value is -2.37. The van der Waals surface area contributed by atoms with E-state index in [1.165, 1.54) is 0 Å². The predicted molar refractivity (Wildman–Crippen MR) is 85.4 cm³/mol. The number of hydrogen-bond donors (Lipinski definition) is 2. The van der Waals surface area contributed by atoms with E-state index in [0.717, 1.165) is 0 Å². The van der Waals surface area contributed by atoms with Gasteiger partial charge in [-0.05, 0) is 36.4 Å². The number of carbonyl (C=O) groups is 2. The van der Waals surface area contributed by atoms with Gasteiger partial charge >= 0.3 is 0 Å². The predicted octanol–water partition coefficient (Wildman–Crippen LogP) is 2.50. The first-order chi connectivity index (χ1) is 10.6. The number of ketones is 1. The Kier molecular flexibility index (Phi) is 5.52. The summed E-state index contributed by atoms with van der Waals surface area (Å²) in [6.07, 6.45) is 0. The van der Waals surface area contributed by atoms with Gasteiger partial charge in [0.05, 0.1) is 6.54 Å². The summed E-state index contributed by atoms with van der Waals surface area (Å²) in [5.41, 5.74) is 6.29. The van der Waals surface area contributed by atoms with E-state index in [1.54, 1.807) is 48.5 Å². The molecule has 0 radical (unpaired) electrons. The molecule has 0 saturated carbocycles. The molecule has 2 rings (SSSR count). The van der Waals surface area contributed by atoms with Crippen molar-refractivity contribution in [1.29, 1.82) is 0 Å². The van der Waals surface area contributed by atoms with E-state index in [-0.39, 0.29) is 24.8 Å². The van der Waals surface area contributed by atoms with Crippen LogP contribution in [-0.4, -0.2) is 24.8 Å². The monoisotopic (exact) mass is 318 g/mol. The summed E-state index contributed by atoms with van der Waals surface area (Å²) in [5, 5.41) is 3.26. The second-order valence-electron chi connectivity index (χ2n) is 4.50. The molecular formula is C16H15ClN2O3. The topological polar surface area (TPSA) is 81.4 Å². The summed E-state index contributed by atoms with van der Waals surface area (Å²) in [6.45, 7) is -0.215. The highest BCUT2D eigenvalue weighted by Gasteiger charge is 2.07. The maximum absolute atomic E-state index is 11.8. The summed E-state index contributed by atoms with van der Waals surface area (Å²) >= 11 is 5.76. The van der Waals surface area contributed by atoms with Crippen LogP contribution in [0.1, 0.15) is 10.4 Å². The van der Waals surface area contributed by atoms with Gasteiger partial charge in [0.1, 0.15) is 5.75 Å². The molecule has 2 aromatic rings. The van der Waals surface area contributed by atoms with Crippen LogP contribution >= 0.6 is 11.6 Å². The van der Waals surface area contributed by atoms with E-state index >= 15 is 0 Å². The standard InChI is InChI=1S/C16H15ClN2O3/c17-12-4-6-14(7-5-12)22-10-16(21)19-13-3-1-2-11(8-13)15(20)9-18/h1-8H,9-10,18H2,(H,19,21). The maximum Gasteiger partial charge on any atom is 0.262 e. The van der Waals surface area contributed by atoms with Crippen LogP contribution in [0, 0.1) is 0 Å². The van der Waals surface area contributed by atoms with Gasteiger partial charge < -0.3 is 15.8 Å². The lowest BCUT2D eigenvalue weighted by molar-refractivity contribution is -0.118. The summed E-state index contributed by atoms with van der Waals surface area (Å²) in [7, 11) is 0. The van der Waals surface area contributed by atoms with Gasteiger partial charge in [0, 0.05) is 16.3 Å². The Morgan fingerprint density at radius 3 is 2.55 bits per heavy atom. The third-order valence-electron chi connectivity index (χ3n) is 2.84. The number of carbonyl (C=O) groups excluding carboxylic acids is 2. The van der Waals surface area contributed by atoms with Crippen LogP contribution in [0.2, 0.25) is 5.02 Å². The molecule has 5 nitrogen and oxygen atoms in total. The molecule has 0 unspecified atom stereocenters. The van der Waals surface area contributed by atoms with Crippen molar-refractivity contribution in [3.8, 4) is 5.75 Å². The molecule has 0 bridgehead atoms. The Morgan fingerprint density at radius 2 is 1.86 bits per heavy atom. The van der Waals surface area contributed by atoms with Crippen molar-refractivity contribution < 1.29 is 14.3 Å². The number of nitrogens with two attached hydrogens (primary N) is 1. The number of ether oxygens (including phenoxy) is 1. The highest BCUT2D eigenvalue weighted by Crippen LogP contribution is 2.16. The second kappa shape index (κ2) is 7.59. The zero-order valence-corrected chi connectivity index (χ0v) is 12.5. The molecule has 0 atom stereocenters. The van der Waals surface area contributed by atoms with Gasteiger partial charge in [-0.3, -0.25) is 9.59 Å². The summed E-state index contributed by atoms with van der Waals surface area (Å²) < 4.78 is 5.34. The van der Waals surface area contributed by atoms with Crippen molar-refractivity contribution >= 4 is 29.0 Å². The van der Waals surface area contributed by atoms with Gasteiger partial charge in [0.15, 0.2) is 12.4 Å². The van der Waals surface area contributed by atoms with Crippen molar-refractivity contribution in [2.75, 3.05) is 18.5 Å². The molecule has 0 fully saturated rings. The third kappa shape index (κ3) is 4.58. The van der Waals surface area contributed by atoms with E-state index in [4.69, 9.17) is 22.1 Å². The average molecular weight is 319 g/mol. The van der Waals surface area contributed by atoms with Crippen LogP contribution in [0.25, 0.3) is 0 Å². The molecule has 22 heavy (non-hydrogen) atoms. The van der Waals surface area contributed by atoms with Crippen molar-refractivity contribution in [3.05, 3.63) is 59.1 Å². The van der Waals surface area contributed by atoms with Crippen molar-refractivity contribution in [3.63, 3.8) is 0 Å². The minimum Gasteiger partial charge on any atom is -0.484 e. The molecule has 0 aliphatic carbocycles. The fourth-order valence-electron chi connectivity index (χ4n) is 1.77. The van der Waals surface area contributed by atoms with Crippen molar-refractivity contribution in [2.24, 2.45) is 5.73 Å². The van der Waals surface area contributed by atoms with Crippen LogP contribution in [0.5, 0.6) is 5.75 Å². The molecule has 0 aromatic heterocycles. The molecule has 6 heteroatoms. The Labute approximate surface area is 133 Å². The van der Waals surface area contributed by atoms with Crippen molar-refractivity contribution in [1.82, 2.24) is 0 Å². The maximum atomic E-state index is 11.8. The average Bonchev–Trinajstić information content (AvgIpc) is 2.54. The Bertz CT molecular complexity index is 671. The molecule has 114 valence electrons. The zero-order valence-electron chi connectivity index (χ0n) is 11.7. The van der Waals surface area contributed by atoms with E-state index in [2.05, 4.69) is 5.32 Å². The lowest BCUT2D eigenvalue weighted by Crippen LogP contribution is -2.20. The van der Waals surface area contributed by atoms with Crippen molar-refractivity contribution in [2.45, 2.75) is 0 Å². The number of hydrogen-bond acceptors (Lipinski definition) is 4. The van der Waals surface area contributed by atoms with E-state index < -0.39 is 0 Å². The van der Waals surface area contributed by atoms with E-state index in [0.29, 0.717) is 22.0 Å². The minimum atomic E-state index is -0.327. The lowest BCUT2D eigenvalue weighted by Gasteiger charge is -2.08. The van der Waals surface area contributed by atoms with Gasteiger partial charge in [-0.15, -0.1) is 0 Å². The number of anilines is 1. The van der Waals surface area contributed by atoms with Gasteiger partial charge in [0.25, 0.3) is 5.91 Å². The molecule has 0 aliphatic rings. The van der Waals surface area contributed by atoms with Crippen LogP contribution in [0.3, 0.4) is 0 Å². The molecule has 0 saturated heterocycles. The first-order valence-electron chi connectivity index (χ1n) is 6.60. The fourth-order valence-corrected chi connectivity index (χ4v) is 1.89. The lowest BCUT2D eigenvalue weighted by atomic mass is 10.1. The van der Waals surface area contributed by atoms with Gasteiger partial charge in [-0.1, -0.05) is 23.7 Å². The fraction of sp³-hybridized carbons (Fsp3) is 0.125. The molecular weight excluding hydrogens is 304 g/mol. The quantitative estimate of drug-likeness (QED) is 0.802. The number of halogens is 1. The largest absolute Gasteiger partial charge is 0.484 e. The minimum absolute atomic E-state index is 0.0723. The SMILES string of the molecule is NCC(=O)c1cccc(NC(=O)COc2ccc(Cl)cc2)c1. The van der Waals surface area contributed by atoms with E-state index in [9.17, 15) is 9.59 Å². The molecule has 0 spiro atoms. The molecule has 1 amide bonds. The van der Waals surface area contributed by atoms with E-state index in [1.807, 2.05) is 0 Å². The number of nitrogens with one attached hydrogen (secondary N) is 1. The van der Waals surface area contributed by atoms with Gasteiger partial charge in [-0.2, -0.15) is 0 Å². The zero-order chi connectivity index (χ0) is 15.9. The second-order valence-corrected chi connectivity index (χ2v) is 4.94. The summed E-state index contributed by atoms with van der Waals surface area (Å²) in [6, 6.07) is 13.3. The number of benzene rings is 2. The first-order valence-corrected chi connectivity index (χ1v) is 6.98. The first kappa shape index (κ1) is 16.0. The van der Waals surface area contributed by atoms with Crippen LogP contribution < -0.4 is 15.8 Å². The number of Topliss-reactive ketones (excluding diaryl/α,β-unsaturated/α-hetero) is 1. The Morgan fingerprint density at radius 1 is 1.14 bits per heavy atom. The smallest absolute Gasteiger partial charge is 0.262 e. The summed E-state index contributed by atoms with van der Waals surface area (Å²) in [5.74, 6) is 0.0346. The van der Waals surface area contributed by atoms with Crippen LogP contribution in [-0.2, 0) is 4.79 Å². The molecule has 0 aliphatic heterocycles. The van der Waals surface area contributed by atoms with Crippen LogP contribution in [0.15, 0.2) is 48.5 Å². The highest BCUT2D eigenvalue weighted by atomic mass is 35.5. The van der Waals surface area contributed by atoms with Gasteiger partial charge in [0.2, 0.25) is 0 Å². The Balaban J connectivity index is 1.91. The number of amides is 1. The molecule has 0 heterocycles. The van der Waals surface area contributed by atoms with Crippen LogP contribution in [0.4, 0.5) is 5.69 Å². The molecule has 2 aromatic carbocycles. The highest BCUT2D eigenvalue weighted by molar-refractivity contribution is 6.30. The normalized spacial score (nSPS) is 10.1.